The number of hydrogen-bond donors (Lipinski definition) is 1. The van der Waals surface area contributed by atoms with Crippen LogP contribution in [-0.2, 0) is 0 Å². The average Bonchev–Trinajstić information content (AvgIpc) is 3.34. The second kappa shape index (κ2) is 6.44. The molecule has 2 aromatic rings. The van der Waals surface area contributed by atoms with E-state index >= 15 is 0 Å². The quantitative estimate of drug-likeness (QED) is 0.887. The lowest BCUT2D eigenvalue weighted by Crippen LogP contribution is -2.27. The Morgan fingerprint density at radius 1 is 1.18 bits per heavy atom. The van der Waals surface area contributed by atoms with E-state index in [-0.39, 0.29) is 0 Å². The summed E-state index contributed by atoms with van der Waals surface area (Å²) in [6, 6.07) is 11.0. The molecule has 1 atom stereocenters. The van der Waals surface area contributed by atoms with E-state index in [0.29, 0.717) is 12.0 Å². The number of hydrogen-bond acceptors (Lipinski definition) is 4. The maximum Gasteiger partial charge on any atom is 0.133 e. The second-order valence-electron chi connectivity index (χ2n) is 6.35. The highest BCUT2D eigenvalue weighted by molar-refractivity contribution is 5.35. The van der Waals surface area contributed by atoms with Gasteiger partial charge in [-0.3, -0.25) is 0 Å². The SMILES string of the molecule is Cc1ccc(C(CNc2ccnc(C3CC3)n2)N(C)C)cc1. The predicted octanol–water partition coefficient (Wildman–Crippen LogP) is 3.38. The summed E-state index contributed by atoms with van der Waals surface area (Å²) in [6.45, 7) is 2.95. The number of anilines is 1. The molecule has 1 saturated carbocycles. The van der Waals surface area contributed by atoms with E-state index in [1.54, 1.807) is 0 Å². The molecule has 1 aromatic heterocycles. The predicted molar refractivity (Wildman–Crippen MR) is 90.1 cm³/mol. The summed E-state index contributed by atoms with van der Waals surface area (Å²) in [4.78, 5) is 11.2. The average molecular weight is 296 g/mol. The fourth-order valence-corrected chi connectivity index (χ4v) is 2.60. The van der Waals surface area contributed by atoms with Gasteiger partial charge in [0.1, 0.15) is 11.6 Å². The maximum absolute atomic E-state index is 4.63. The normalized spacial score (nSPS) is 15.8. The molecule has 4 nitrogen and oxygen atoms in total. The number of nitrogens with zero attached hydrogens (tertiary/aromatic N) is 3. The van der Waals surface area contributed by atoms with Crippen molar-refractivity contribution < 1.29 is 0 Å². The summed E-state index contributed by atoms with van der Waals surface area (Å²) >= 11 is 0. The van der Waals surface area contributed by atoms with Gasteiger partial charge in [-0.05, 0) is 45.5 Å². The fourth-order valence-electron chi connectivity index (χ4n) is 2.60. The Kier molecular flexibility index (Phi) is 4.39. The molecule has 1 heterocycles. The van der Waals surface area contributed by atoms with E-state index in [4.69, 9.17) is 0 Å². The Morgan fingerprint density at radius 2 is 1.91 bits per heavy atom. The van der Waals surface area contributed by atoms with E-state index in [9.17, 15) is 0 Å². The zero-order valence-corrected chi connectivity index (χ0v) is 13.6. The van der Waals surface area contributed by atoms with Crippen molar-refractivity contribution in [3.05, 3.63) is 53.5 Å². The van der Waals surface area contributed by atoms with Crippen LogP contribution >= 0.6 is 0 Å². The van der Waals surface area contributed by atoms with Crippen LogP contribution in [0.25, 0.3) is 0 Å². The standard InChI is InChI=1S/C18H24N4/c1-13-4-6-14(7-5-13)16(22(2)3)12-20-17-10-11-19-18(21-17)15-8-9-15/h4-7,10-11,15-16H,8-9,12H2,1-3H3,(H,19,20,21). The summed E-state index contributed by atoms with van der Waals surface area (Å²) in [5.74, 6) is 2.50. The van der Waals surface area contributed by atoms with E-state index in [1.807, 2.05) is 12.3 Å². The first-order valence-corrected chi connectivity index (χ1v) is 7.93. The third-order valence-corrected chi connectivity index (χ3v) is 4.18. The smallest absolute Gasteiger partial charge is 0.133 e. The van der Waals surface area contributed by atoms with Crippen LogP contribution in [0.1, 0.15) is 41.8 Å². The number of benzene rings is 1. The topological polar surface area (TPSA) is 41.1 Å². The largest absolute Gasteiger partial charge is 0.368 e. The number of nitrogens with one attached hydrogen (secondary N) is 1. The molecule has 0 aliphatic heterocycles. The Balaban J connectivity index is 1.69. The molecular formula is C18H24N4. The molecule has 116 valence electrons. The molecule has 22 heavy (non-hydrogen) atoms. The molecule has 1 aliphatic carbocycles. The van der Waals surface area contributed by atoms with E-state index in [2.05, 4.69) is 65.5 Å². The first kappa shape index (κ1) is 15.0. The summed E-state index contributed by atoms with van der Waals surface area (Å²) in [6.07, 6.45) is 4.32. The van der Waals surface area contributed by atoms with Gasteiger partial charge in [0.15, 0.2) is 0 Å². The summed E-state index contributed by atoms with van der Waals surface area (Å²) in [5.41, 5.74) is 2.61. The van der Waals surface area contributed by atoms with Crippen molar-refractivity contribution in [1.82, 2.24) is 14.9 Å². The Bertz CT molecular complexity index is 617. The molecule has 1 fully saturated rings. The number of rotatable bonds is 6. The number of aryl methyl sites for hydroxylation is 1. The molecular weight excluding hydrogens is 272 g/mol. The van der Waals surface area contributed by atoms with Gasteiger partial charge >= 0.3 is 0 Å². The molecule has 1 unspecified atom stereocenters. The molecule has 4 heteroatoms. The Labute approximate surface area is 132 Å². The molecule has 0 bridgehead atoms. The highest BCUT2D eigenvalue weighted by Gasteiger charge is 2.26. The van der Waals surface area contributed by atoms with Crippen molar-refractivity contribution in [2.24, 2.45) is 0 Å². The molecule has 1 aromatic carbocycles. The summed E-state index contributed by atoms with van der Waals surface area (Å²) in [7, 11) is 4.23. The molecule has 0 spiro atoms. The van der Waals surface area contributed by atoms with Gasteiger partial charge < -0.3 is 10.2 Å². The van der Waals surface area contributed by atoms with Crippen molar-refractivity contribution in [2.45, 2.75) is 31.7 Å². The Hall–Kier alpha value is -1.94. The number of likely N-dealkylation sites (N-methyl/N-ethyl adjacent to an activating group) is 1. The van der Waals surface area contributed by atoms with Crippen LogP contribution in [0, 0.1) is 6.92 Å². The lowest BCUT2D eigenvalue weighted by atomic mass is 10.0. The minimum absolute atomic E-state index is 0.319. The van der Waals surface area contributed by atoms with E-state index in [0.717, 1.165) is 18.2 Å². The van der Waals surface area contributed by atoms with Crippen molar-refractivity contribution >= 4 is 5.82 Å². The van der Waals surface area contributed by atoms with Crippen LogP contribution in [0.3, 0.4) is 0 Å². The van der Waals surface area contributed by atoms with Gasteiger partial charge in [0.05, 0.1) is 6.04 Å². The van der Waals surface area contributed by atoms with E-state index < -0.39 is 0 Å². The molecule has 3 rings (SSSR count). The molecule has 0 radical (unpaired) electrons. The molecule has 1 N–H and O–H groups in total. The summed E-state index contributed by atoms with van der Waals surface area (Å²) < 4.78 is 0. The minimum atomic E-state index is 0.319. The van der Waals surface area contributed by atoms with Crippen molar-refractivity contribution in [3.63, 3.8) is 0 Å². The van der Waals surface area contributed by atoms with Crippen LogP contribution in [0.5, 0.6) is 0 Å². The third-order valence-electron chi connectivity index (χ3n) is 4.18. The van der Waals surface area contributed by atoms with Gasteiger partial charge in [0, 0.05) is 18.7 Å². The van der Waals surface area contributed by atoms with Crippen LogP contribution in [0.2, 0.25) is 0 Å². The third kappa shape index (κ3) is 3.63. The van der Waals surface area contributed by atoms with Crippen molar-refractivity contribution in [2.75, 3.05) is 26.0 Å². The zero-order valence-electron chi connectivity index (χ0n) is 13.6. The van der Waals surface area contributed by atoms with Gasteiger partial charge in [-0.15, -0.1) is 0 Å². The van der Waals surface area contributed by atoms with E-state index in [1.165, 1.54) is 24.0 Å². The van der Waals surface area contributed by atoms with Crippen molar-refractivity contribution in [3.8, 4) is 0 Å². The van der Waals surface area contributed by atoms with Crippen LogP contribution in [-0.4, -0.2) is 35.5 Å². The first-order chi connectivity index (χ1) is 10.6. The lowest BCUT2D eigenvalue weighted by molar-refractivity contribution is 0.311. The van der Waals surface area contributed by atoms with Gasteiger partial charge in [-0.25, -0.2) is 9.97 Å². The first-order valence-electron chi connectivity index (χ1n) is 7.93. The fraction of sp³-hybridized carbons (Fsp3) is 0.444. The second-order valence-corrected chi connectivity index (χ2v) is 6.35. The zero-order chi connectivity index (χ0) is 15.5. The maximum atomic E-state index is 4.63. The van der Waals surface area contributed by atoms with Crippen LogP contribution in [0.4, 0.5) is 5.82 Å². The van der Waals surface area contributed by atoms with Crippen LogP contribution in [0.15, 0.2) is 36.5 Å². The Morgan fingerprint density at radius 3 is 2.55 bits per heavy atom. The summed E-state index contributed by atoms with van der Waals surface area (Å²) in [5, 5.41) is 3.47. The molecule has 0 amide bonds. The van der Waals surface area contributed by atoms with Gasteiger partial charge in [0.2, 0.25) is 0 Å². The van der Waals surface area contributed by atoms with Crippen molar-refractivity contribution in [1.29, 1.82) is 0 Å². The van der Waals surface area contributed by atoms with Gasteiger partial charge in [-0.1, -0.05) is 29.8 Å². The van der Waals surface area contributed by atoms with Gasteiger partial charge in [0.25, 0.3) is 0 Å². The number of aromatic nitrogens is 2. The monoisotopic (exact) mass is 296 g/mol. The highest BCUT2D eigenvalue weighted by atomic mass is 15.1. The minimum Gasteiger partial charge on any atom is -0.368 e. The van der Waals surface area contributed by atoms with Crippen LogP contribution < -0.4 is 5.32 Å². The molecule has 1 aliphatic rings. The van der Waals surface area contributed by atoms with Gasteiger partial charge in [-0.2, -0.15) is 0 Å². The highest BCUT2D eigenvalue weighted by Crippen LogP contribution is 2.38. The molecule has 0 saturated heterocycles. The lowest BCUT2D eigenvalue weighted by Gasteiger charge is -2.25.